The van der Waals surface area contributed by atoms with Gasteiger partial charge in [-0.05, 0) is 24.3 Å². The van der Waals surface area contributed by atoms with Gasteiger partial charge in [0, 0.05) is 13.1 Å². The van der Waals surface area contributed by atoms with Gasteiger partial charge >= 0.3 is 5.69 Å². The molecule has 0 atom stereocenters. The average Bonchev–Trinajstić information content (AvgIpc) is 2.43. The fourth-order valence-electron chi connectivity index (χ4n) is 1.80. The highest BCUT2D eigenvalue weighted by molar-refractivity contribution is 7.21. The van der Waals surface area contributed by atoms with E-state index in [-0.39, 0.29) is 0 Å². The molecular formula is C13H9N4S+. The molecule has 86 valence electrons. The quantitative estimate of drug-likeness (QED) is 0.455. The first-order valence-corrected chi connectivity index (χ1v) is 6.24. The third kappa shape index (κ3) is 1.73. The first-order chi connectivity index (χ1) is 8.80. The van der Waals surface area contributed by atoms with Crippen LogP contribution in [0.1, 0.15) is 0 Å². The van der Waals surface area contributed by atoms with Crippen molar-refractivity contribution in [2.45, 2.75) is 0 Å². The predicted octanol–water partition coefficient (Wildman–Crippen LogP) is 3.42. The van der Waals surface area contributed by atoms with Crippen molar-refractivity contribution in [1.82, 2.24) is 4.98 Å². The van der Waals surface area contributed by atoms with Gasteiger partial charge in [-0.15, -0.1) is 11.3 Å². The van der Waals surface area contributed by atoms with Gasteiger partial charge in [-0.3, -0.25) is 4.99 Å². The first-order valence-electron chi connectivity index (χ1n) is 5.43. The Balaban J connectivity index is 2.39. The van der Waals surface area contributed by atoms with Crippen molar-refractivity contribution >= 4 is 27.2 Å². The van der Waals surface area contributed by atoms with E-state index in [1.807, 2.05) is 30.3 Å². The SMILES string of the molecule is CN=c1ccc2nc3ccc([N+]#N)cc3sc-2c1. The van der Waals surface area contributed by atoms with Gasteiger partial charge in [0.2, 0.25) is 5.39 Å². The second-order valence-corrected chi connectivity index (χ2v) is 4.93. The summed E-state index contributed by atoms with van der Waals surface area (Å²) in [4.78, 5) is 13.0. The molecule has 1 aliphatic heterocycles. The number of hydrogen-bond donors (Lipinski definition) is 0. The molecule has 1 aromatic carbocycles. The summed E-state index contributed by atoms with van der Waals surface area (Å²) in [6.45, 7) is 0. The molecule has 0 fully saturated rings. The van der Waals surface area contributed by atoms with Gasteiger partial charge in [0.05, 0.1) is 32.2 Å². The van der Waals surface area contributed by atoms with E-state index in [1.165, 1.54) is 0 Å². The summed E-state index contributed by atoms with van der Waals surface area (Å²) >= 11 is 1.62. The Bertz CT molecular complexity index is 813. The molecule has 18 heavy (non-hydrogen) atoms. The van der Waals surface area contributed by atoms with E-state index in [0.29, 0.717) is 5.69 Å². The van der Waals surface area contributed by atoms with Crippen LogP contribution in [0.4, 0.5) is 5.69 Å². The highest BCUT2D eigenvalue weighted by Crippen LogP contribution is 2.31. The second-order valence-electron chi connectivity index (χ2n) is 3.84. The minimum Gasteiger partial charge on any atom is -0.289 e. The van der Waals surface area contributed by atoms with E-state index in [4.69, 9.17) is 5.39 Å². The van der Waals surface area contributed by atoms with Crippen molar-refractivity contribution in [2.24, 2.45) is 4.99 Å². The van der Waals surface area contributed by atoms with Gasteiger partial charge in [-0.25, -0.2) is 4.98 Å². The molecule has 0 radical (unpaired) electrons. The monoisotopic (exact) mass is 253 g/mol. The van der Waals surface area contributed by atoms with Crippen LogP contribution in [0.5, 0.6) is 0 Å². The second kappa shape index (κ2) is 4.17. The smallest absolute Gasteiger partial charge is 0.289 e. The van der Waals surface area contributed by atoms with Crippen LogP contribution in [0.15, 0.2) is 41.4 Å². The van der Waals surface area contributed by atoms with Crippen molar-refractivity contribution in [3.63, 3.8) is 0 Å². The molecule has 3 rings (SSSR count). The molecule has 1 aliphatic carbocycles. The molecule has 0 saturated carbocycles. The molecule has 0 amide bonds. The number of nitrogens with zero attached hydrogens (tertiary/aromatic N) is 4. The summed E-state index contributed by atoms with van der Waals surface area (Å²) in [7, 11) is 1.77. The van der Waals surface area contributed by atoms with Crippen molar-refractivity contribution in [1.29, 1.82) is 5.39 Å². The lowest BCUT2D eigenvalue weighted by atomic mass is 10.2. The largest absolute Gasteiger partial charge is 0.386 e. The van der Waals surface area contributed by atoms with E-state index in [0.717, 1.165) is 26.1 Å². The number of benzene rings is 2. The normalized spacial score (nSPS) is 11.9. The van der Waals surface area contributed by atoms with Crippen LogP contribution in [0.25, 0.3) is 25.8 Å². The molecule has 0 unspecified atom stereocenters. The summed E-state index contributed by atoms with van der Waals surface area (Å²) in [5.41, 5.74) is 2.39. The number of rotatable bonds is 0. The maximum Gasteiger partial charge on any atom is 0.386 e. The van der Waals surface area contributed by atoms with Crippen LogP contribution in [0.2, 0.25) is 0 Å². The summed E-state index contributed by atoms with van der Waals surface area (Å²) in [6.07, 6.45) is 0. The molecule has 0 aromatic heterocycles. The molecule has 4 nitrogen and oxygen atoms in total. The molecular weight excluding hydrogens is 244 g/mol. The average molecular weight is 253 g/mol. The number of aromatic nitrogens is 1. The van der Waals surface area contributed by atoms with Crippen molar-refractivity contribution in [3.8, 4) is 10.6 Å². The Hall–Kier alpha value is -2.32. The van der Waals surface area contributed by atoms with Gasteiger partial charge in [0.15, 0.2) is 4.98 Å². The summed E-state index contributed by atoms with van der Waals surface area (Å²) in [5.74, 6) is 0. The lowest BCUT2D eigenvalue weighted by molar-refractivity contribution is 1.26. The van der Waals surface area contributed by atoms with Gasteiger partial charge < -0.3 is 0 Å². The van der Waals surface area contributed by atoms with Crippen LogP contribution in [0, 0.1) is 5.39 Å². The van der Waals surface area contributed by atoms with Crippen LogP contribution in [-0.4, -0.2) is 12.0 Å². The van der Waals surface area contributed by atoms with E-state index < -0.39 is 0 Å². The van der Waals surface area contributed by atoms with Crippen molar-refractivity contribution in [2.75, 3.05) is 7.05 Å². The van der Waals surface area contributed by atoms with Crippen molar-refractivity contribution in [3.05, 3.63) is 46.7 Å². The molecule has 1 aromatic rings. The summed E-state index contributed by atoms with van der Waals surface area (Å²) in [5, 5.41) is 9.72. The Morgan fingerprint density at radius 3 is 2.89 bits per heavy atom. The number of diazo groups is 1. The number of hydrogen-bond acceptors (Lipinski definition) is 4. The zero-order valence-electron chi connectivity index (χ0n) is 9.66. The van der Waals surface area contributed by atoms with Gasteiger partial charge in [-0.2, -0.15) is 0 Å². The van der Waals surface area contributed by atoms with Crippen LogP contribution < -0.4 is 5.36 Å². The fourth-order valence-corrected chi connectivity index (χ4v) is 2.84. The maximum absolute atomic E-state index is 8.79. The minimum atomic E-state index is 0.538. The predicted molar refractivity (Wildman–Crippen MR) is 72.5 cm³/mol. The first kappa shape index (κ1) is 10.8. The van der Waals surface area contributed by atoms with Crippen LogP contribution in [0.3, 0.4) is 0 Å². The van der Waals surface area contributed by atoms with E-state index in [2.05, 4.69) is 15.0 Å². The van der Waals surface area contributed by atoms with E-state index in [1.54, 1.807) is 24.5 Å². The standard InChI is InChI=1S/C13H9N4S/c1-15-8-2-4-10-12(6-8)18-13-7-9(17-14)3-5-11(13)16-10/h2-7H,1H3/q+1. The van der Waals surface area contributed by atoms with Gasteiger partial charge in [-0.1, -0.05) is 0 Å². The lowest BCUT2D eigenvalue weighted by Gasteiger charge is -2.04. The zero-order chi connectivity index (χ0) is 12.5. The Morgan fingerprint density at radius 2 is 2.11 bits per heavy atom. The third-order valence-electron chi connectivity index (χ3n) is 2.72. The van der Waals surface area contributed by atoms with E-state index >= 15 is 0 Å². The zero-order valence-corrected chi connectivity index (χ0v) is 10.5. The van der Waals surface area contributed by atoms with Gasteiger partial charge in [0.1, 0.15) is 0 Å². The molecule has 0 spiro atoms. The molecule has 0 bridgehead atoms. The Morgan fingerprint density at radius 1 is 1.22 bits per heavy atom. The Kier molecular flexibility index (Phi) is 2.50. The van der Waals surface area contributed by atoms with Crippen LogP contribution in [-0.2, 0) is 0 Å². The molecule has 2 aliphatic rings. The highest BCUT2D eigenvalue weighted by Gasteiger charge is 2.10. The highest BCUT2D eigenvalue weighted by atomic mass is 32.1. The maximum atomic E-state index is 8.79. The Labute approximate surface area is 107 Å². The molecule has 1 heterocycles. The lowest BCUT2D eigenvalue weighted by Crippen LogP contribution is -2.00. The van der Waals surface area contributed by atoms with E-state index in [9.17, 15) is 0 Å². The fraction of sp³-hybridized carbons (Fsp3) is 0.0769. The van der Waals surface area contributed by atoms with Crippen molar-refractivity contribution < 1.29 is 0 Å². The molecule has 5 heteroatoms. The van der Waals surface area contributed by atoms with Crippen LogP contribution >= 0.6 is 11.3 Å². The van der Waals surface area contributed by atoms with Gasteiger partial charge in [0.25, 0.3) is 0 Å². The minimum absolute atomic E-state index is 0.538. The molecule has 0 saturated heterocycles. The number of fused-ring (bicyclic) bond motifs is 2. The topological polar surface area (TPSA) is 53.4 Å². The summed E-state index contributed by atoms with van der Waals surface area (Å²) in [6, 6.07) is 11.3. The molecule has 0 N–H and O–H groups in total. The summed E-state index contributed by atoms with van der Waals surface area (Å²) < 4.78 is 0.992. The third-order valence-corrected chi connectivity index (χ3v) is 3.82.